The minimum Gasteiger partial charge on any atom is -0.870 e. The number of halogens is 1. The number of carboxylic acid groups (broad SMARTS) is 3. The number of benzene rings is 4. The Morgan fingerprint density at radius 1 is 0.400 bits per heavy atom. The minimum atomic E-state index is -1.13. The van der Waals surface area contributed by atoms with E-state index in [1.54, 1.807) is 72.3 Å². The number of nitrogens with one attached hydrogen (secondary N) is 4. The summed E-state index contributed by atoms with van der Waals surface area (Å²) >= 11 is 3.07. The number of aromatic carboxylic acids is 1. The van der Waals surface area contributed by atoms with Crippen molar-refractivity contribution in [1.29, 1.82) is 0 Å². The number of phenolic OH excluding ortho intramolecular Hbond substituents is 4. The standard InChI is InChI=1S/C23H31N3O3S.C20H29NO4.C19H27NO4.C15H22O3.C5H9NO2.C4H6N2S.C4H7NO2.CH4O.ClH.Li.2H2O/c1-21(2,3)15-11-14(12-16(18(15)27)22(4,5)6)19(28)26-23(7-8-23)20(29)25-13-17-24-9-10-30-17;1-18(2,3)13-10-12(11-14(15(13)22)19(4,5)6)16(23)21-20(8-9-20)17(24)25-7;1-17(2,3)12-9-11(10-13(14(12)21)18(4,5)6)15(22)20-19(7-8-19)16(23)24;1-14(2,3)10-7-9(13(17)18)8-11(12(10)16)15(4,5)6;1-8-4(7)5(6)2-3-5;5-3-4-6-1-2-7-4;5-4(1-2-4)3(6)7;1-2;;;;/h9-12,27H,7-8,13H2,1-6H3,(H,25,29)(H,26,28);10-11,22H,8-9H2,1-7H3,(H,21,23);9-10,21H,7-8H2,1-6H3,(H,20,22)(H,23,24);7-8,16H,1-6H3,(H,17,18);2-3,6H2,1H3;1-2H,3,5H2;1-2,5H2,(H,6,7);2H,1H3;1H;;2*1H2/q;;;;;;;;;+1;;/p-1. The van der Waals surface area contributed by atoms with E-state index in [0.717, 1.165) is 41.1 Å². The number of carbonyl (C=O) groups excluding carboxylic acids is 6. The molecule has 125 heavy (non-hydrogen) atoms. The summed E-state index contributed by atoms with van der Waals surface area (Å²) in [4.78, 5) is 114. The smallest absolute Gasteiger partial charge is 0.870 e. The Morgan fingerprint density at radius 3 is 0.824 bits per heavy atom. The number of thiazole rings is 2. The number of aliphatic hydroxyl groups is 1. The third-order valence-electron chi connectivity index (χ3n) is 20.8. The molecule has 4 aromatic carbocycles. The van der Waals surface area contributed by atoms with E-state index in [-0.39, 0.29) is 138 Å². The molecule has 0 unspecified atom stereocenters. The average molecular weight is 1800 g/mol. The number of aliphatic hydroxyl groups excluding tert-OH is 1. The fourth-order valence-corrected chi connectivity index (χ4v) is 13.2. The summed E-state index contributed by atoms with van der Waals surface area (Å²) in [5.74, 6) is -3.87. The molecule has 21 N–H and O–H groups in total. The summed E-state index contributed by atoms with van der Waals surface area (Å²) in [7, 11) is 3.68. The number of amides is 4. The number of nitrogens with two attached hydrogens (primary N) is 3. The molecule has 0 atom stereocenters. The van der Waals surface area contributed by atoms with Gasteiger partial charge in [-0.1, -0.05) is 166 Å². The van der Waals surface area contributed by atoms with Crippen LogP contribution in [0.2, 0.25) is 0 Å². The van der Waals surface area contributed by atoms with Crippen molar-refractivity contribution >= 4 is 88.6 Å². The molecule has 11 rings (SSSR count). The van der Waals surface area contributed by atoms with Gasteiger partial charge in [0.05, 0.1) is 26.3 Å². The molecule has 6 aromatic rings. The van der Waals surface area contributed by atoms with Gasteiger partial charge < -0.3 is 99.7 Å². The zero-order chi connectivity index (χ0) is 93.1. The summed E-state index contributed by atoms with van der Waals surface area (Å²) in [5, 5.41) is 93.1. The number of aromatic hydroxyl groups is 4. The number of ether oxygens (including phenoxy) is 2. The normalized spacial score (nSPS) is 15.3. The Labute approximate surface area is 762 Å². The number of hydrogen-bond donors (Lipinski definition) is 15. The molecule has 5 aliphatic carbocycles. The maximum absolute atomic E-state index is 13.1. The van der Waals surface area contributed by atoms with E-state index in [9.17, 15) is 73.8 Å². The predicted octanol–water partition coefficient (Wildman–Crippen LogP) is 10.3. The van der Waals surface area contributed by atoms with Crippen LogP contribution >= 0.6 is 35.1 Å². The van der Waals surface area contributed by atoms with E-state index in [2.05, 4.69) is 36.0 Å². The molecule has 0 bridgehead atoms. The molecule has 5 saturated carbocycles. The van der Waals surface area contributed by atoms with Crippen molar-refractivity contribution in [3.8, 4) is 23.0 Å². The Bertz CT molecular complexity index is 4550. The summed E-state index contributed by atoms with van der Waals surface area (Å²) in [6.07, 6.45) is 9.58. The maximum atomic E-state index is 13.1. The predicted molar refractivity (Wildman–Crippen MR) is 484 cm³/mol. The van der Waals surface area contributed by atoms with Gasteiger partial charge in [0, 0.05) is 98.0 Å². The SMILES string of the molecule is CC(C)(C)c1cc(C(=O)NC2(C(=O)NCc3nccs3)CC2)cc(C(C)(C)C)c1O.CC(C)(C)c1cc(C(=O)NC2(C(=O)O)CC2)cc(C(C)(C)C)c1O.CC(C)(C)c1cc(C(=O)O)cc(C(C)(C)C)c1O.CO.COC(=O)C1(N)CC1.COC(=O)C1(NC(=O)c2cc(C(C)(C)C)c(O)c(C(C)(C)C)c2)CC1.Cl.NC1(C(=O)O)CC1.NCc1nccs1.O.[Li+].[OH-]. The van der Waals surface area contributed by atoms with Crippen LogP contribution in [0.1, 0.15) is 326 Å². The van der Waals surface area contributed by atoms with Crippen LogP contribution in [0.4, 0.5) is 0 Å². The molecule has 30 nitrogen and oxygen atoms in total. The summed E-state index contributed by atoms with van der Waals surface area (Å²) in [5.41, 5.74) is 16.1. The van der Waals surface area contributed by atoms with Gasteiger partial charge in [-0.05, 0) is 156 Å². The molecule has 0 aliphatic heterocycles. The number of nitrogens with zero attached hydrogens (tertiary/aromatic N) is 2. The van der Waals surface area contributed by atoms with Crippen molar-refractivity contribution in [2.75, 3.05) is 21.3 Å². The molecule has 5 fully saturated rings. The minimum absolute atomic E-state index is 0. The first kappa shape index (κ1) is 116. The van der Waals surface area contributed by atoms with Crippen LogP contribution in [-0.2, 0) is 89.9 Å². The zero-order valence-electron chi connectivity index (χ0n) is 78.3. The number of aliphatic carboxylic acids is 2. The first-order valence-electron chi connectivity index (χ1n) is 40.3. The van der Waals surface area contributed by atoms with Gasteiger partial charge in [-0.25, -0.2) is 24.4 Å². The third-order valence-corrected chi connectivity index (χ3v) is 22.4. The summed E-state index contributed by atoms with van der Waals surface area (Å²) in [6, 6.07) is 13.4. The number of hydrogen-bond acceptors (Lipinski definition) is 24. The first-order valence-corrected chi connectivity index (χ1v) is 42.0. The zero-order valence-corrected chi connectivity index (χ0v) is 80.7. The molecule has 694 valence electrons. The van der Waals surface area contributed by atoms with Gasteiger partial charge in [-0.15, -0.1) is 35.1 Å². The van der Waals surface area contributed by atoms with Gasteiger partial charge in [0.1, 0.15) is 60.7 Å². The van der Waals surface area contributed by atoms with Crippen molar-refractivity contribution in [3.63, 3.8) is 0 Å². The second kappa shape index (κ2) is 44.3. The van der Waals surface area contributed by atoms with Crippen molar-refractivity contribution in [2.45, 2.75) is 314 Å². The molecular formula is C91H139ClLiN9O21S2. The van der Waals surface area contributed by atoms with Crippen LogP contribution < -0.4 is 57.3 Å². The van der Waals surface area contributed by atoms with E-state index >= 15 is 0 Å². The van der Waals surface area contributed by atoms with E-state index in [1.807, 2.05) is 177 Å². The van der Waals surface area contributed by atoms with Crippen LogP contribution in [0.3, 0.4) is 0 Å². The molecule has 0 radical (unpaired) electrons. The van der Waals surface area contributed by atoms with Crippen LogP contribution in [0.5, 0.6) is 23.0 Å². The fraction of sp³-hybridized carbons (Fsp3) is 0.571. The quantitative estimate of drug-likeness (QED) is 0.0335. The molecule has 0 spiro atoms. The Hall–Kier alpha value is -8.78. The average Bonchev–Trinajstić information content (AvgIpc) is 1.50. The van der Waals surface area contributed by atoms with Crippen LogP contribution in [0.25, 0.3) is 0 Å². The topological polar surface area (TPSA) is 547 Å². The second-order valence-corrected chi connectivity index (χ2v) is 41.7. The number of methoxy groups -OCH3 is 2. The Balaban J connectivity index is 0.00000150. The van der Waals surface area contributed by atoms with Crippen LogP contribution in [-0.4, -0.2) is 164 Å². The van der Waals surface area contributed by atoms with Gasteiger partial charge in [0.25, 0.3) is 17.7 Å². The first-order chi connectivity index (χ1) is 55.1. The van der Waals surface area contributed by atoms with Gasteiger partial charge in [-0.2, -0.15) is 0 Å². The summed E-state index contributed by atoms with van der Waals surface area (Å²) < 4.78 is 9.21. The van der Waals surface area contributed by atoms with Gasteiger partial charge in [-0.3, -0.25) is 28.8 Å². The molecule has 0 saturated heterocycles. The maximum Gasteiger partial charge on any atom is 1.00 e. The second-order valence-electron chi connectivity index (χ2n) is 39.7. The van der Waals surface area contributed by atoms with Gasteiger partial charge in [0.2, 0.25) is 5.91 Å². The molecule has 4 amide bonds. The Kier molecular flexibility index (Phi) is 41.2. The third kappa shape index (κ3) is 32.2. The monoisotopic (exact) mass is 1800 g/mol. The van der Waals surface area contributed by atoms with Crippen molar-refractivity contribution in [2.24, 2.45) is 17.2 Å². The van der Waals surface area contributed by atoms with Crippen molar-refractivity contribution < 1.29 is 123 Å². The summed E-state index contributed by atoms with van der Waals surface area (Å²) in [6.45, 7) is 48.5. The van der Waals surface area contributed by atoms with Gasteiger partial charge >= 0.3 is 48.7 Å². The van der Waals surface area contributed by atoms with E-state index in [1.165, 1.54) is 25.6 Å². The van der Waals surface area contributed by atoms with E-state index in [4.69, 9.17) is 32.2 Å². The Morgan fingerprint density at radius 2 is 0.648 bits per heavy atom. The van der Waals surface area contributed by atoms with Crippen molar-refractivity contribution in [1.82, 2.24) is 31.2 Å². The van der Waals surface area contributed by atoms with Crippen LogP contribution in [0, 0.1) is 0 Å². The van der Waals surface area contributed by atoms with Crippen LogP contribution in [0.15, 0.2) is 71.7 Å². The largest absolute Gasteiger partial charge is 1.00 e. The number of phenols is 4. The molecule has 2 aromatic heterocycles. The fourth-order valence-electron chi connectivity index (χ4n) is 12.2. The molecular weight excluding hydrogens is 1660 g/mol. The van der Waals surface area contributed by atoms with E-state index in [0.29, 0.717) is 115 Å². The van der Waals surface area contributed by atoms with Gasteiger partial charge in [0.15, 0.2) is 0 Å². The van der Waals surface area contributed by atoms with E-state index < -0.39 is 57.5 Å². The number of carbonyl (C=O) groups is 9. The number of rotatable bonds is 15. The number of carboxylic acids is 3. The van der Waals surface area contributed by atoms with Crippen molar-refractivity contribution in [3.05, 3.63) is 148 Å². The number of esters is 2. The molecule has 34 heteroatoms. The molecule has 2 heterocycles. The molecule has 5 aliphatic rings. The number of aromatic nitrogens is 2.